The van der Waals surface area contributed by atoms with Gasteiger partial charge in [0, 0.05) is 37.2 Å². The first kappa shape index (κ1) is 32.1. The van der Waals surface area contributed by atoms with Gasteiger partial charge < -0.3 is 23.8 Å². The summed E-state index contributed by atoms with van der Waals surface area (Å²) in [5.74, 6) is 5.07. The Kier molecular flexibility index (Phi) is 12.1. The first-order valence-corrected chi connectivity index (χ1v) is 14.1. The number of imide groups is 1. The Bertz CT molecular complexity index is 1150. The van der Waals surface area contributed by atoms with E-state index in [1.54, 1.807) is 39.0 Å². The standard InChI is InChI=1S/C30H41N3O8/c1-5-15-38-17-19-40-20-18-39-16-14-32(29(37)41-30(2,3)4)13-7-9-22-8-6-10-23-24(22)21-33(28(23)36)25-11-12-26(34)31-27(25)35/h6,8,10,25H,5,11-21H2,1-4H3,(H,31,34,35). The molecule has 1 saturated heterocycles. The van der Waals surface area contributed by atoms with E-state index in [4.69, 9.17) is 18.9 Å². The topological polar surface area (TPSA) is 124 Å². The predicted octanol–water partition coefficient (Wildman–Crippen LogP) is 2.50. The number of rotatable bonds is 13. The molecule has 3 rings (SSSR count). The zero-order valence-electron chi connectivity index (χ0n) is 24.5. The van der Waals surface area contributed by atoms with Crippen LogP contribution >= 0.6 is 0 Å². The molecule has 1 N–H and O–H groups in total. The maximum absolute atomic E-state index is 13.1. The number of ether oxygens (including phenoxy) is 4. The highest BCUT2D eigenvalue weighted by atomic mass is 16.6. The van der Waals surface area contributed by atoms with Gasteiger partial charge in [0.25, 0.3) is 5.91 Å². The molecule has 0 saturated carbocycles. The molecular formula is C30H41N3O8. The largest absolute Gasteiger partial charge is 0.444 e. The lowest BCUT2D eigenvalue weighted by molar-refractivity contribution is -0.136. The molecule has 41 heavy (non-hydrogen) atoms. The van der Waals surface area contributed by atoms with E-state index < -0.39 is 23.6 Å². The van der Waals surface area contributed by atoms with E-state index in [0.717, 1.165) is 18.6 Å². The quantitative estimate of drug-likeness (QED) is 0.218. The zero-order chi connectivity index (χ0) is 29.8. The van der Waals surface area contributed by atoms with Crippen LogP contribution in [0.2, 0.25) is 0 Å². The molecule has 11 nitrogen and oxygen atoms in total. The van der Waals surface area contributed by atoms with Crippen molar-refractivity contribution in [3.8, 4) is 11.8 Å². The molecule has 2 aliphatic rings. The van der Waals surface area contributed by atoms with Gasteiger partial charge >= 0.3 is 6.09 Å². The van der Waals surface area contributed by atoms with E-state index in [1.165, 1.54) is 9.80 Å². The average Bonchev–Trinajstić information content (AvgIpc) is 3.24. The first-order valence-electron chi connectivity index (χ1n) is 14.1. The molecule has 2 aliphatic heterocycles. The molecule has 0 bridgehead atoms. The maximum Gasteiger partial charge on any atom is 0.411 e. The van der Waals surface area contributed by atoms with E-state index in [9.17, 15) is 19.2 Å². The lowest BCUT2D eigenvalue weighted by Crippen LogP contribution is -2.52. The Labute approximate surface area is 241 Å². The molecule has 1 atom stereocenters. The second kappa shape index (κ2) is 15.5. The van der Waals surface area contributed by atoms with Gasteiger partial charge in [-0.15, -0.1) is 0 Å². The van der Waals surface area contributed by atoms with Gasteiger partial charge in [0.2, 0.25) is 11.8 Å². The van der Waals surface area contributed by atoms with Gasteiger partial charge in [0.15, 0.2) is 0 Å². The van der Waals surface area contributed by atoms with Crippen LogP contribution in [0.25, 0.3) is 0 Å². The number of piperidine rings is 1. The van der Waals surface area contributed by atoms with Gasteiger partial charge in [-0.25, -0.2) is 4.79 Å². The van der Waals surface area contributed by atoms with Crippen LogP contribution < -0.4 is 5.32 Å². The molecule has 1 aromatic rings. The van der Waals surface area contributed by atoms with Crippen molar-refractivity contribution in [2.24, 2.45) is 0 Å². The molecule has 1 aromatic carbocycles. The van der Waals surface area contributed by atoms with E-state index in [0.29, 0.717) is 37.6 Å². The molecule has 1 unspecified atom stereocenters. The first-order chi connectivity index (χ1) is 19.6. The Hall–Kier alpha value is -3.46. The molecule has 0 aliphatic carbocycles. The van der Waals surface area contributed by atoms with Crippen LogP contribution in [-0.2, 0) is 35.1 Å². The van der Waals surface area contributed by atoms with Crippen molar-refractivity contribution in [2.75, 3.05) is 52.7 Å². The lowest BCUT2D eigenvalue weighted by atomic mass is 10.0. The summed E-state index contributed by atoms with van der Waals surface area (Å²) >= 11 is 0. The fourth-order valence-electron chi connectivity index (χ4n) is 4.36. The third-order valence-electron chi connectivity index (χ3n) is 6.32. The van der Waals surface area contributed by atoms with Gasteiger partial charge in [-0.05, 0) is 51.3 Å². The number of fused-ring (bicyclic) bond motifs is 1. The highest BCUT2D eigenvalue weighted by molar-refractivity contribution is 6.05. The molecule has 11 heteroatoms. The van der Waals surface area contributed by atoms with Crippen LogP contribution in [0.5, 0.6) is 0 Å². The second-order valence-corrected chi connectivity index (χ2v) is 10.8. The minimum Gasteiger partial charge on any atom is -0.444 e. The number of hydrogen-bond donors (Lipinski definition) is 1. The minimum absolute atomic E-state index is 0.0952. The molecule has 0 radical (unpaired) electrons. The third-order valence-corrected chi connectivity index (χ3v) is 6.32. The maximum atomic E-state index is 13.1. The summed E-state index contributed by atoms with van der Waals surface area (Å²) in [5.41, 5.74) is 1.18. The highest BCUT2D eigenvalue weighted by Crippen LogP contribution is 2.29. The Balaban J connectivity index is 1.58. The lowest BCUT2D eigenvalue weighted by Gasteiger charge is -2.29. The molecule has 1 fully saturated rings. The highest BCUT2D eigenvalue weighted by Gasteiger charge is 2.39. The van der Waals surface area contributed by atoms with Crippen molar-refractivity contribution in [1.82, 2.24) is 15.1 Å². The molecule has 224 valence electrons. The fourth-order valence-corrected chi connectivity index (χ4v) is 4.36. The van der Waals surface area contributed by atoms with Crippen LogP contribution in [0.4, 0.5) is 4.79 Å². The van der Waals surface area contributed by atoms with Gasteiger partial charge in [-0.3, -0.25) is 24.6 Å². The molecule has 0 aromatic heterocycles. The van der Waals surface area contributed by atoms with E-state index in [1.807, 2.05) is 0 Å². The van der Waals surface area contributed by atoms with Crippen LogP contribution in [0.15, 0.2) is 18.2 Å². The Morgan fingerprint density at radius 2 is 1.73 bits per heavy atom. The van der Waals surface area contributed by atoms with Crippen LogP contribution in [0, 0.1) is 11.8 Å². The van der Waals surface area contributed by atoms with Gasteiger partial charge in [-0.2, -0.15) is 0 Å². The number of carbonyl (C=O) groups is 4. The number of nitrogens with one attached hydrogen (secondary N) is 1. The normalized spacial score (nSPS) is 16.6. The van der Waals surface area contributed by atoms with Crippen molar-refractivity contribution in [1.29, 1.82) is 0 Å². The van der Waals surface area contributed by atoms with E-state index in [2.05, 4.69) is 24.1 Å². The summed E-state index contributed by atoms with van der Waals surface area (Å²) in [5, 5.41) is 2.31. The summed E-state index contributed by atoms with van der Waals surface area (Å²) in [6.07, 6.45) is 0.946. The van der Waals surface area contributed by atoms with Crippen molar-refractivity contribution in [3.05, 3.63) is 34.9 Å². The molecule has 4 amide bonds. The summed E-state index contributed by atoms with van der Waals surface area (Å²) in [6, 6.07) is 4.56. The number of hydrogen-bond acceptors (Lipinski definition) is 8. The fraction of sp³-hybridized carbons (Fsp3) is 0.600. The van der Waals surface area contributed by atoms with Crippen molar-refractivity contribution < 1.29 is 38.1 Å². The minimum atomic E-state index is -0.698. The number of nitrogens with zero attached hydrogens (tertiary/aromatic N) is 2. The summed E-state index contributed by atoms with van der Waals surface area (Å²) in [7, 11) is 0. The van der Waals surface area contributed by atoms with Crippen molar-refractivity contribution >= 4 is 23.8 Å². The van der Waals surface area contributed by atoms with Crippen LogP contribution in [0.3, 0.4) is 0 Å². The van der Waals surface area contributed by atoms with Gasteiger partial charge in [0.1, 0.15) is 11.6 Å². The number of carbonyl (C=O) groups excluding carboxylic acids is 4. The monoisotopic (exact) mass is 571 g/mol. The molecule has 2 heterocycles. The molecule has 0 spiro atoms. The van der Waals surface area contributed by atoms with Gasteiger partial charge in [0.05, 0.1) is 39.6 Å². The van der Waals surface area contributed by atoms with E-state index in [-0.39, 0.29) is 50.9 Å². The predicted molar refractivity (Wildman–Crippen MR) is 150 cm³/mol. The van der Waals surface area contributed by atoms with E-state index >= 15 is 0 Å². The Morgan fingerprint density at radius 3 is 2.39 bits per heavy atom. The summed E-state index contributed by atoms with van der Waals surface area (Å²) < 4.78 is 22.0. The van der Waals surface area contributed by atoms with Crippen molar-refractivity contribution in [3.63, 3.8) is 0 Å². The summed E-state index contributed by atoms with van der Waals surface area (Å²) in [4.78, 5) is 52.8. The average molecular weight is 572 g/mol. The number of benzene rings is 1. The second-order valence-electron chi connectivity index (χ2n) is 10.8. The SMILES string of the molecule is CCCOCCOCCOCCN(CC#Cc1cccc2c1CN(C1CCC(=O)NC1=O)C2=O)C(=O)OC(C)(C)C. The zero-order valence-corrected chi connectivity index (χ0v) is 24.5. The summed E-state index contributed by atoms with van der Waals surface area (Å²) in [6.45, 7) is 10.9. The smallest absolute Gasteiger partial charge is 0.411 e. The van der Waals surface area contributed by atoms with Crippen LogP contribution in [-0.4, -0.2) is 98.0 Å². The van der Waals surface area contributed by atoms with Crippen LogP contribution in [0.1, 0.15) is 68.4 Å². The van der Waals surface area contributed by atoms with Crippen molar-refractivity contribution in [2.45, 2.75) is 65.1 Å². The Morgan fingerprint density at radius 1 is 1.05 bits per heavy atom. The third kappa shape index (κ3) is 9.85. The molecular weight excluding hydrogens is 530 g/mol. The number of amides is 4. The van der Waals surface area contributed by atoms with Gasteiger partial charge in [-0.1, -0.05) is 24.8 Å².